The van der Waals surface area contributed by atoms with Gasteiger partial charge in [0.2, 0.25) is 0 Å². The molecular formula is C32H39NO5. The summed E-state index contributed by atoms with van der Waals surface area (Å²) in [4.78, 5) is 16.4. The molecule has 6 heteroatoms. The van der Waals surface area contributed by atoms with Gasteiger partial charge in [-0.05, 0) is 75.6 Å². The van der Waals surface area contributed by atoms with Crippen LogP contribution in [0.5, 0.6) is 11.5 Å². The number of benzene rings is 2. The van der Waals surface area contributed by atoms with E-state index in [1.165, 1.54) is 16.7 Å². The number of rotatable bonds is 8. The van der Waals surface area contributed by atoms with E-state index in [0.29, 0.717) is 13.0 Å². The number of hydrogen-bond acceptors (Lipinski definition) is 6. The van der Waals surface area contributed by atoms with Gasteiger partial charge >= 0.3 is 0 Å². The highest BCUT2D eigenvalue weighted by molar-refractivity contribution is 5.94. The van der Waals surface area contributed by atoms with E-state index >= 15 is 0 Å². The lowest BCUT2D eigenvalue weighted by molar-refractivity contribution is -0.233. The quantitative estimate of drug-likeness (QED) is 0.476. The zero-order valence-corrected chi connectivity index (χ0v) is 22.7. The van der Waals surface area contributed by atoms with Crippen LogP contribution in [0.1, 0.15) is 62.1 Å². The Hall–Kier alpha value is -2.41. The molecule has 38 heavy (non-hydrogen) atoms. The minimum absolute atomic E-state index is 0.181. The monoisotopic (exact) mass is 517 g/mol. The number of piperidine rings is 1. The van der Waals surface area contributed by atoms with E-state index in [1.807, 2.05) is 13.0 Å². The van der Waals surface area contributed by atoms with Crippen LogP contribution in [-0.4, -0.2) is 67.4 Å². The zero-order chi connectivity index (χ0) is 26.0. The van der Waals surface area contributed by atoms with Crippen molar-refractivity contribution in [1.82, 2.24) is 4.90 Å². The number of methoxy groups -OCH3 is 1. The summed E-state index contributed by atoms with van der Waals surface area (Å²) in [5.74, 6) is 1.68. The fourth-order valence-corrected chi connectivity index (χ4v) is 8.72. The Balaban J connectivity index is 1.31. The van der Waals surface area contributed by atoms with Gasteiger partial charge in [0.25, 0.3) is 0 Å². The molecule has 5 aliphatic rings. The Kier molecular flexibility index (Phi) is 5.88. The van der Waals surface area contributed by atoms with Crippen LogP contribution in [0.25, 0.3) is 0 Å². The second-order valence-electron chi connectivity index (χ2n) is 12.0. The van der Waals surface area contributed by atoms with Crippen LogP contribution in [0.15, 0.2) is 42.5 Å². The van der Waals surface area contributed by atoms with Gasteiger partial charge in [-0.1, -0.05) is 36.4 Å². The van der Waals surface area contributed by atoms with Crippen molar-refractivity contribution in [2.45, 2.75) is 87.1 Å². The molecule has 202 valence electrons. The molecule has 1 saturated carbocycles. The average molecular weight is 518 g/mol. The van der Waals surface area contributed by atoms with E-state index in [4.69, 9.17) is 18.9 Å². The average Bonchev–Trinajstić information content (AvgIpc) is 3.54. The number of ketones is 1. The molecular weight excluding hydrogens is 478 g/mol. The summed E-state index contributed by atoms with van der Waals surface area (Å²) in [6.07, 6.45) is 7.42. The topological polar surface area (TPSA) is 57.2 Å². The second kappa shape index (κ2) is 9.07. The standard InChI is InChI=1S/C32H39NO5/c1-30-27(34)14-15-32(37-19-6-10-22-8-4-3-5-9-22)26-20-23-12-13-25(35-2)29(38-30)28(23)31(30,32)16-17-33(26)21-24-11-7-18-36-24/h3-5,8-9,12-13,24,26H,6-7,10-11,14-21H2,1-2H3/t24?,26-,30?,31+,32-/m1/s1. The van der Waals surface area contributed by atoms with Crippen LogP contribution >= 0.6 is 0 Å². The van der Waals surface area contributed by atoms with Crippen molar-refractivity contribution in [3.8, 4) is 11.5 Å². The minimum atomic E-state index is -0.953. The fourth-order valence-electron chi connectivity index (χ4n) is 8.72. The first-order chi connectivity index (χ1) is 18.5. The normalized spacial score (nSPS) is 35.2. The Labute approximate surface area is 225 Å². The number of carbonyl (C=O) groups is 1. The maximum absolute atomic E-state index is 13.8. The van der Waals surface area contributed by atoms with Gasteiger partial charge in [0.15, 0.2) is 22.9 Å². The van der Waals surface area contributed by atoms with E-state index in [9.17, 15) is 4.79 Å². The summed E-state index contributed by atoms with van der Waals surface area (Å²) in [6, 6.07) is 15.0. The van der Waals surface area contributed by atoms with E-state index in [1.54, 1.807) is 7.11 Å². The molecule has 6 nitrogen and oxygen atoms in total. The molecule has 1 spiro atoms. The smallest absolute Gasteiger partial charge is 0.177 e. The van der Waals surface area contributed by atoms with Crippen LogP contribution in [0.3, 0.4) is 0 Å². The summed E-state index contributed by atoms with van der Waals surface area (Å²) in [7, 11) is 1.69. The molecule has 0 N–H and O–H groups in total. The summed E-state index contributed by atoms with van der Waals surface area (Å²) >= 11 is 0. The third-order valence-corrected chi connectivity index (χ3v) is 10.4. The largest absolute Gasteiger partial charge is 0.493 e. The molecule has 5 atom stereocenters. The highest BCUT2D eigenvalue weighted by Crippen LogP contribution is 2.69. The lowest BCUT2D eigenvalue weighted by Crippen LogP contribution is -2.81. The van der Waals surface area contributed by atoms with E-state index in [2.05, 4.69) is 41.3 Å². The number of nitrogens with zero attached hydrogens (tertiary/aromatic N) is 1. The molecule has 2 aromatic carbocycles. The Bertz CT molecular complexity index is 1230. The van der Waals surface area contributed by atoms with Crippen molar-refractivity contribution in [3.63, 3.8) is 0 Å². The predicted molar refractivity (Wildman–Crippen MR) is 144 cm³/mol. The maximum Gasteiger partial charge on any atom is 0.177 e. The Morgan fingerprint density at radius 3 is 2.79 bits per heavy atom. The number of ether oxygens (including phenoxy) is 4. The molecule has 0 aromatic heterocycles. The van der Waals surface area contributed by atoms with Gasteiger partial charge in [0.05, 0.1) is 24.2 Å². The second-order valence-corrected chi connectivity index (χ2v) is 12.0. The Morgan fingerprint density at radius 1 is 1.13 bits per heavy atom. The maximum atomic E-state index is 13.8. The molecule has 2 saturated heterocycles. The third kappa shape index (κ3) is 3.26. The number of likely N-dealkylation sites (tertiary alicyclic amines) is 1. The molecule has 2 bridgehead atoms. The van der Waals surface area contributed by atoms with Crippen molar-refractivity contribution in [1.29, 1.82) is 0 Å². The molecule has 0 radical (unpaired) electrons. The fraction of sp³-hybridized carbons (Fsp3) is 0.594. The van der Waals surface area contributed by atoms with E-state index in [-0.39, 0.29) is 17.9 Å². The van der Waals surface area contributed by atoms with Crippen molar-refractivity contribution in [2.75, 3.05) is 33.4 Å². The minimum Gasteiger partial charge on any atom is -0.493 e. The zero-order valence-electron chi connectivity index (χ0n) is 22.7. The summed E-state index contributed by atoms with van der Waals surface area (Å²) in [5, 5.41) is 0. The van der Waals surface area contributed by atoms with E-state index < -0.39 is 16.6 Å². The van der Waals surface area contributed by atoms with Gasteiger partial charge in [-0.25, -0.2) is 0 Å². The van der Waals surface area contributed by atoms with Crippen LogP contribution < -0.4 is 9.47 Å². The van der Waals surface area contributed by atoms with E-state index in [0.717, 1.165) is 76.1 Å². The molecule has 2 aliphatic carbocycles. The van der Waals surface area contributed by atoms with Gasteiger partial charge in [-0.15, -0.1) is 0 Å². The SMILES string of the molecule is COc1ccc2c3c1OC1(C)C(=O)CC[C@@]4(OCCCc5ccccc5)[C@@H](C2)N(CC2CCCO2)CC[C@]314. The van der Waals surface area contributed by atoms with Gasteiger partial charge in [-0.3, -0.25) is 9.69 Å². The first-order valence-corrected chi connectivity index (χ1v) is 14.5. The molecule has 7 rings (SSSR count). The van der Waals surface area contributed by atoms with Gasteiger partial charge in [0.1, 0.15) is 0 Å². The lowest BCUT2D eigenvalue weighted by Gasteiger charge is -2.67. The van der Waals surface area contributed by atoms with Gasteiger partial charge < -0.3 is 18.9 Å². The lowest BCUT2D eigenvalue weighted by atomic mass is 9.45. The van der Waals surface area contributed by atoms with Crippen LogP contribution in [-0.2, 0) is 32.5 Å². The van der Waals surface area contributed by atoms with Crippen molar-refractivity contribution < 1.29 is 23.7 Å². The highest BCUT2D eigenvalue weighted by atomic mass is 16.5. The first-order valence-electron chi connectivity index (χ1n) is 14.5. The van der Waals surface area contributed by atoms with Crippen molar-refractivity contribution in [3.05, 3.63) is 59.2 Å². The summed E-state index contributed by atoms with van der Waals surface area (Å²) < 4.78 is 25.9. The Morgan fingerprint density at radius 2 is 2.00 bits per heavy atom. The molecule has 3 heterocycles. The molecule has 2 aromatic rings. The van der Waals surface area contributed by atoms with Gasteiger partial charge in [-0.2, -0.15) is 0 Å². The molecule has 0 amide bonds. The van der Waals surface area contributed by atoms with Crippen molar-refractivity contribution in [2.24, 2.45) is 0 Å². The summed E-state index contributed by atoms with van der Waals surface area (Å²) in [6.45, 7) is 5.42. The third-order valence-electron chi connectivity index (χ3n) is 10.4. The molecule has 2 unspecified atom stereocenters. The highest BCUT2D eigenvalue weighted by Gasteiger charge is 2.78. The number of Topliss-reactive ketones (excluding diaryl/α,β-unsaturated/α-hetero) is 1. The first kappa shape index (κ1) is 24.6. The van der Waals surface area contributed by atoms with Crippen LogP contribution in [0.2, 0.25) is 0 Å². The number of hydrogen-bond donors (Lipinski definition) is 0. The number of aryl methyl sites for hydroxylation is 1. The summed E-state index contributed by atoms with van der Waals surface area (Å²) in [5.41, 5.74) is 1.84. The molecule has 3 fully saturated rings. The van der Waals surface area contributed by atoms with Crippen LogP contribution in [0.4, 0.5) is 0 Å². The van der Waals surface area contributed by atoms with Crippen molar-refractivity contribution >= 4 is 5.78 Å². The number of carbonyl (C=O) groups excluding carboxylic acids is 1. The van der Waals surface area contributed by atoms with Gasteiger partial charge in [0, 0.05) is 37.8 Å². The predicted octanol–water partition coefficient (Wildman–Crippen LogP) is 4.64. The molecule has 3 aliphatic heterocycles. The van der Waals surface area contributed by atoms with Crippen LogP contribution in [0, 0.1) is 0 Å².